The van der Waals surface area contributed by atoms with Crippen LogP contribution in [0, 0.1) is 16.7 Å². The lowest BCUT2D eigenvalue weighted by Crippen LogP contribution is -2.41. The maximum absolute atomic E-state index is 12.2. The zero-order valence-corrected chi connectivity index (χ0v) is 14.5. The van der Waals surface area contributed by atoms with Crippen LogP contribution < -0.4 is 0 Å². The number of halogens is 1. The zero-order valence-electron chi connectivity index (χ0n) is 13.7. The molecule has 3 aliphatic rings. The number of rotatable bonds is 3. The number of likely N-dealkylation sites (tertiary alicyclic amines) is 1. The second kappa shape index (κ2) is 6.08. The Bertz CT molecular complexity index is 392. The number of hydrogen-bond donors (Lipinski definition) is 0. The van der Waals surface area contributed by atoms with Gasteiger partial charge < -0.3 is 4.74 Å². The van der Waals surface area contributed by atoms with E-state index >= 15 is 0 Å². The molecular weight excluding hydrogens is 286 g/mol. The van der Waals surface area contributed by atoms with Crippen LogP contribution in [-0.2, 0) is 9.53 Å². The number of fused-ring (bicyclic) bond motifs is 2. The molecular formula is C17H30ClNO2. The number of hydrogen-bond acceptors (Lipinski definition) is 3. The molecule has 0 aromatic rings. The highest BCUT2D eigenvalue weighted by molar-refractivity contribution is 5.85. The first kappa shape index (κ1) is 17.1. The van der Waals surface area contributed by atoms with Crippen LogP contribution in [0.1, 0.15) is 59.3 Å². The molecule has 4 heteroatoms. The molecule has 122 valence electrons. The van der Waals surface area contributed by atoms with E-state index in [0.29, 0.717) is 12.0 Å². The molecule has 1 aliphatic heterocycles. The van der Waals surface area contributed by atoms with E-state index in [1.807, 2.05) is 0 Å². The molecule has 3 unspecified atom stereocenters. The van der Waals surface area contributed by atoms with Crippen LogP contribution in [0.15, 0.2) is 0 Å². The van der Waals surface area contributed by atoms with Crippen LogP contribution in [0.5, 0.6) is 0 Å². The monoisotopic (exact) mass is 315 g/mol. The molecule has 0 radical (unpaired) electrons. The first-order valence-electron chi connectivity index (χ1n) is 8.35. The molecule has 3 rings (SSSR count). The number of nitrogens with zero attached hydrogens (tertiary/aromatic N) is 1. The van der Waals surface area contributed by atoms with Crippen LogP contribution in [0.25, 0.3) is 0 Å². The average Bonchev–Trinajstić information content (AvgIpc) is 2.73. The summed E-state index contributed by atoms with van der Waals surface area (Å²) in [7, 11) is 0. The number of carbonyl (C=O) groups excluding carboxylic acids is 1. The third kappa shape index (κ3) is 2.84. The molecule has 0 aromatic heterocycles. The fourth-order valence-corrected chi connectivity index (χ4v) is 4.80. The number of ether oxygens (including phenoxy) is 1. The molecule has 2 bridgehead atoms. The Hall–Kier alpha value is -0.280. The molecule has 0 spiro atoms. The second-order valence-electron chi connectivity index (χ2n) is 7.93. The summed E-state index contributed by atoms with van der Waals surface area (Å²) >= 11 is 0. The van der Waals surface area contributed by atoms with E-state index < -0.39 is 0 Å². The van der Waals surface area contributed by atoms with Crippen molar-refractivity contribution in [2.45, 2.75) is 65.4 Å². The van der Waals surface area contributed by atoms with Crippen molar-refractivity contribution in [2.75, 3.05) is 19.6 Å². The third-order valence-corrected chi connectivity index (χ3v) is 6.79. The summed E-state index contributed by atoms with van der Waals surface area (Å²) in [6.07, 6.45) is 7.51. The van der Waals surface area contributed by atoms with Crippen LogP contribution in [0.3, 0.4) is 0 Å². The van der Waals surface area contributed by atoms with Crippen LogP contribution in [0.2, 0.25) is 0 Å². The van der Waals surface area contributed by atoms with E-state index in [1.165, 1.54) is 32.1 Å². The van der Waals surface area contributed by atoms with Crippen LogP contribution >= 0.6 is 12.4 Å². The highest BCUT2D eigenvalue weighted by Crippen LogP contribution is 2.66. The molecule has 21 heavy (non-hydrogen) atoms. The largest absolute Gasteiger partial charge is 0.461 e. The van der Waals surface area contributed by atoms with Crippen molar-refractivity contribution in [3.05, 3.63) is 0 Å². The molecule has 0 amide bonds. The van der Waals surface area contributed by atoms with Gasteiger partial charge in [-0.15, -0.1) is 12.4 Å². The molecule has 2 saturated carbocycles. The summed E-state index contributed by atoms with van der Waals surface area (Å²) < 4.78 is 5.91. The molecule has 0 aromatic carbocycles. The molecule has 0 N–H and O–H groups in total. The first-order chi connectivity index (χ1) is 9.43. The van der Waals surface area contributed by atoms with Gasteiger partial charge in [0.25, 0.3) is 0 Å². The Morgan fingerprint density at radius 2 is 1.86 bits per heavy atom. The van der Waals surface area contributed by atoms with Gasteiger partial charge in [0.2, 0.25) is 0 Å². The lowest BCUT2D eigenvalue weighted by molar-refractivity contribution is -0.158. The third-order valence-electron chi connectivity index (χ3n) is 6.79. The summed E-state index contributed by atoms with van der Waals surface area (Å²) in [4.78, 5) is 14.5. The Labute approximate surface area is 135 Å². The Kier molecular flexibility index (Phi) is 4.94. The fourth-order valence-electron chi connectivity index (χ4n) is 4.80. The maximum Gasteiger partial charge on any atom is 0.320 e. The van der Waals surface area contributed by atoms with E-state index in [1.54, 1.807) is 0 Å². The number of esters is 1. The highest BCUT2D eigenvalue weighted by atomic mass is 35.5. The normalized spacial score (nSPS) is 38.0. The van der Waals surface area contributed by atoms with Gasteiger partial charge in [-0.1, -0.05) is 27.2 Å². The van der Waals surface area contributed by atoms with Gasteiger partial charge in [0, 0.05) is 5.41 Å². The van der Waals surface area contributed by atoms with Gasteiger partial charge in [-0.2, -0.15) is 0 Å². The molecule has 2 aliphatic carbocycles. The van der Waals surface area contributed by atoms with Gasteiger partial charge in [0.1, 0.15) is 6.10 Å². The van der Waals surface area contributed by atoms with E-state index in [4.69, 9.17) is 4.74 Å². The minimum atomic E-state index is 0. The van der Waals surface area contributed by atoms with Crippen molar-refractivity contribution in [3.8, 4) is 0 Å². The van der Waals surface area contributed by atoms with Crippen molar-refractivity contribution in [3.63, 3.8) is 0 Å². The van der Waals surface area contributed by atoms with Gasteiger partial charge in [-0.05, 0) is 56.5 Å². The van der Waals surface area contributed by atoms with Crippen LogP contribution in [0.4, 0.5) is 0 Å². The predicted octanol–water partition coefficient (Wildman–Crippen LogP) is 3.65. The average molecular weight is 316 g/mol. The highest BCUT2D eigenvalue weighted by Gasteiger charge is 2.62. The second-order valence-corrected chi connectivity index (χ2v) is 7.93. The minimum Gasteiger partial charge on any atom is -0.461 e. The SMILES string of the molecule is CC1(C)C2CCC1(C)C(OC(=O)CN1CCCCC1)C2.Cl. The van der Waals surface area contributed by atoms with Gasteiger partial charge in [-0.25, -0.2) is 0 Å². The van der Waals surface area contributed by atoms with Gasteiger partial charge >= 0.3 is 5.97 Å². The molecule has 3 fully saturated rings. The smallest absolute Gasteiger partial charge is 0.320 e. The van der Waals surface area contributed by atoms with E-state index in [9.17, 15) is 4.79 Å². The lowest BCUT2D eigenvalue weighted by Gasteiger charge is -2.38. The predicted molar refractivity (Wildman–Crippen MR) is 86.6 cm³/mol. The summed E-state index contributed by atoms with van der Waals surface area (Å²) in [5.41, 5.74) is 0.512. The Morgan fingerprint density at radius 1 is 1.19 bits per heavy atom. The van der Waals surface area contributed by atoms with E-state index in [0.717, 1.165) is 25.4 Å². The minimum absolute atomic E-state index is 0. The molecule has 3 atom stereocenters. The van der Waals surface area contributed by atoms with Crippen molar-refractivity contribution in [1.82, 2.24) is 4.90 Å². The molecule has 3 nitrogen and oxygen atoms in total. The van der Waals surface area contributed by atoms with Gasteiger partial charge in [0.15, 0.2) is 0 Å². The van der Waals surface area contributed by atoms with Crippen LogP contribution in [-0.4, -0.2) is 36.6 Å². The Balaban J connectivity index is 0.00000161. The summed E-state index contributed by atoms with van der Waals surface area (Å²) in [5.74, 6) is 0.738. The van der Waals surface area contributed by atoms with Crippen molar-refractivity contribution < 1.29 is 9.53 Å². The lowest BCUT2D eigenvalue weighted by atomic mass is 9.70. The zero-order chi connectivity index (χ0) is 14.4. The quantitative estimate of drug-likeness (QED) is 0.745. The summed E-state index contributed by atoms with van der Waals surface area (Å²) in [6.45, 7) is 9.68. The molecule has 1 heterocycles. The number of carbonyl (C=O) groups is 1. The van der Waals surface area contributed by atoms with Gasteiger partial charge in [-0.3, -0.25) is 9.69 Å². The fraction of sp³-hybridized carbons (Fsp3) is 0.941. The Morgan fingerprint density at radius 3 is 2.38 bits per heavy atom. The first-order valence-corrected chi connectivity index (χ1v) is 8.35. The summed E-state index contributed by atoms with van der Waals surface area (Å²) in [6, 6.07) is 0. The maximum atomic E-state index is 12.2. The number of piperidine rings is 1. The van der Waals surface area contributed by atoms with E-state index in [2.05, 4.69) is 25.7 Å². The van der Waals surface area contributed by atoms with Crippen molar-refractivity contribution >= 4 is 18.4 Å². The van der Waals surface area contributed by atoms with E-state index in [-0.39, 0.29) is 29.9 Å². The van der Waals surface area contributed by atoms with Crippen molar-refractivity contribution in [1.29, 1.82) is 0 Å². The molecule has 1 saturated heterocycles. The van der Waals surface area contributed by atoms with Crippen molar-refractivity contribution in [2.24, 2.45) is 16.7 Å². The topological polar surface area (TPSA) is 29.5 Å². The summed E-state index contributed by atoms with van der Waals surface area (Å²) in [5, 5.41) is 0. The van der Waals surface area contributed by atoms with Gasteiger partial charge in [0.05, 0.1) is 6.54 Å². The standard InChI is InChI=1S/C17H29NO2.ClH/c1-16(2)13-7-8-17(16,3)14(11-13)20-15(19)12-18-9-5-4-6-10-18;/h13-14H,4-12H2,1-3H3;1H.